The molecule has 0 aliphatic rings. The SMILES string of the molecule is COc1cc(CCl)c(C)c(C(F)F)n1. The maximum absolute atomic E-state index is 12.5. The number of aromatic nitrogens is 1. The van der Waals surface area contributed by atoms with E-state index in [1.807, 2.05) is 0 Å². The average molecular weight is 222 g/mol. The first-order valence-electron chi connectivity index (χ1n) is 3.98. The van der Waals surface area contributed by atoms with Crippen molar-refractivity contribution in [2.75, 3.05) is 7.11 Å². The van der Waals surface area contributed by atoms with Gasteiger partial charge in [-0.2, -0.15) is 0 Å². The van der Waals surface area contributed by atoms with Crippen molar-refractivity contribution in [1.29, 1.82) is 0 Å². The molecule has 1 rings (SSSR count). The van der Waals surface area contributed by atoms with Crippen LogP contribution in [0.25, 0.3) is 0 Å². The van der Waals surface area contributed by atoms with E-state index in [0.717, 1.165) is 0 Å². The Bertz CT molecular complexity index is 331. The average Bonchev–Trinajstić information content (AvgIpc) is 2.17. The zero-order chi connectivity index (χ0) is 10.7. The Morgan fingerprint density at radius 3 is 2.64 bits per heavy atom. The topological polar surface area (TPSA) is 22.1 Å². The van der Waals surface area contributed by atoms with Crippen LogP contribution in [0.5, 0.6) is 5.88 Å². The van der Waals surface area contributed by atoms with Crippen molar-refractivity contribution in [3.8, 4) is 5.88 Å². The van der Waals surface area contributed by atoms with E-state index < -0.39 is 6.43 Å². The molecule has 0 radical (unpaired) electrons. The minimum Gasteiger partial charge on any atom is -0.481 e. The van der Waals surface area contributed by atoms with E-state index in [1.54, 1.807) is 13.0 Å². The minimum atomic E-state index is -2.60. The molecule has 5 heteroatoms. The van der Waals surface area contributed by atoms with Gasteiger partial charge in [0.05, 0.1) is 7.11 Å². The van der Waals surface area contributed by atoms with Crippen molar-refractivity contribution in [2.24, 2.45) is 0 Å². The van der Waals surface area contributed by atoms with Crippen LogP contribution in [0.3, 0.4) is 0 Å². The fourth-order valence-electron chi connectivity index (χ4n) is 1.11. The van der Waals surface area contributed by atoms with Crippen LogP contribution in [0.1, 0.15) is 23.2 Å². The van der Waals surface area contributed by atoms with Crippen LogP contribution in [0.4, 0.5) is 8.78 Å². The predicted octanol–water partition coefficient (Wildman–Crippen LogP) is 3.08. The summed E-state index contributed by atoms with van der Waals surface area (Å²) in [7, 11) is 1.38. The molecule has 0 saturated carbocycles. The van der Waals surface area contributed by atoms with Gasteiger partial charge in [-0.15, -0.1) is 11.6 Å². The predicted molar refractivity (Wildman–Crippen MR) is 50.0 cm³/mol. The molecule has 0 N–H and O–H groups in total. The number of hydrogen-bond donors (Lipinski definition) is 0. The first-order valence-corrected chi connectivity index (χ1v) is 4.52. The number of halogens is 3. The third kappa shape index (κ3) is 2.12. The molecule has 1 aromatic heterocycles. The Kier molecular flexibility index (Phi) is 3.63. The molecule has 78 valence electrons. The van der Waals surface area contributed by atoms with Gasteiger partial charge in [0.25, 0.3) is 6.43 Å². The van der Waals surface area contributed by atoms with Crippen molar-refractivity contribution in [3.05, 3.63) is 22.9 Å². The highest BCUT2D eigenvalue weighted by Crippen LogP contribution is 2.27. The van der Waals surface area contributed by atoms with E-state index in [9.17, 15) is 8.78 Å². The van der Waals surface area contributed by atoms with Gasteiger partial charge in [0.15, 0.2) is 0 Å². The Morgan fingerprint density at radius 1 is 1.57 bits per heavy atom. The molecule has 14 heavy (non-hydrogen) atoms. The van der Waals surface area contributed by atoms with Gasteiger partial charge in [0, 0.05) is 11.9 Å². The van der Waals surface area contributed by atoms with Gasteiger partial charge < -0.3 is 4.74 Å². The van der Waals surface area contributed by atoms with Crippen LogP contribution in [-0.2, 0) is 5.88 Å². The van der Waals surface area contributed by atoms with Gasteiger partial charge in [-0.3, -0.25) is 0 Å². The smallest absolute Gasteiger partial charge is 0.280 e. The van der Waals surface area contributed by atoms with Gasteiger partial charge in [0.2, 0.25) is 5.88 Å². The number of rotatable bonds is 3. The van der Waals surface area contributed by atoms with E-state index in [4.69, 9.17) is 16.3 Å². The maximum atomic E-state index is 12.5. The van der Waals surface area contributed by atoms with Crippen LogP contribution in [0, 0.1) is 6.92 Å². The zero-order valence-electron chi connectivity index (χ0n) is 7.85. The normalized spacial score (nSPS) is 10.7. The maximum Gasteiger partial charge on any atom is 0.280 e. The number of alkyl halides is 3. The lowest BCUT2D eigenvalue weighted by Crippen LogP contribution is -2.01. The van der Waals surface area contributed by atoms with Gasteiger partial charge in [-0.1, -0.05) is 0 Å². The van der Waals surface area contributed by atoms with Crippen LogP contribution in [0.2, 0.25) is 0 Å². The minimum absolute atomic E-state index is 0.168. The molecule has 0 aliphatic heterocycles. The lowest BCUT2D eigenvalue weighted by atomic mass is 10.1. The summed E-state index contributed by atoms with van der Waals surface area (Å²) in [5, 5.41) is 0. The molecule has 0 saturated heterocycles. The molecular formula is C9H10ClF2NO. The van der Waals surface area contributed by atoms with Gasteiger partial charge >= 0.3 is 0 Å². The van der Waals surface area contributed by atoms with Crippen LogP contribution in [-0.4, -0.2) is 12.1 Å². The highest BCUT2D eigenvalue weighted by atomic mass is 35.5. The van der Waals surface area contributed by atoms with Crippen molar-refractivity contribution in [3.63, 3.8) is 0 Å². The number of methoxy groups -OCH3 is 1. The Balaban J connectivity index is 3.27. The van der Waals surface area contributed by atoms with Gasteiger partial charge in [-0.05, 0) is 18.1 Å². The number of ether oxygens (including phenoxy) is 1. The summed E-state index contributed by atoms with van der Waals surface area (Å²) in [4.78, 5) is 3.67. The molecule has 0 bridgehead atoms. The summed E-state index contributed by atoms with van der Waals surface area (Å²) >= 11 is 5.61. The fraction of sp³-hybridized carbons (Fsp3) is 0.444. The largest absolute Gasteiger partial charge is 0.481 e. The Morgan fingerprint density at radius 2 is 2.21 bits per heavy atom. The summed E-state index contributed by atoms with van der Waals surface area (Å²) in [6.45, 7) is 1.58. The Labute approximate surface area is 85.9 Å². The molecule has 0 amide bonds. The molecule has 0 aromatic carbocycles. The lowest BCUT2D eigenvalue weighted by Gasteiger charge is -2.10. The highest BCUT2D eigenvalue weighted by molar-refractivity contribution is 6.17. The van der Waals surface area contributed by atoms with Crippen molar-refractivity contribution >= 4 is 11.6 Å². The third-order valence-electron chi connectivity index (χ3n) is 1.95. The molecular weight excluding hydrogens is 212 g/mol. The molecule has 1 heterocycles. The van der Waals surface area contributed by atoms with E-state index >= 15 is 0 Å². The standard InChI is InChI=1S/C9H10ClF2NO/c1-5-6(4-10)3-7(14-2)13-8(5)9(11)12/h3,9H,4H2,1-2H3. The summed E-state index contributed by atoms with van der Waals surface area (Å²) in [6, 6.07) is 1.56. The second-order valence-corrected chi connectivity index (χ2v) is 3.04. The summed E-state index contributed by atoms with van der Waals surface area (Å²) < 4.78 is 29.8. The summed E-state index contributed by atoms with van der Waals surface area (Å²) in [5.41, 5.74) is 0.782. The summed E-state index contributed by atoms with van der Waals surface area (Å²) in [5.74, 6) is 0.339. The van der Waals surface area contributed by atoms with Crippen molar-refractivity contribution in [1.82, 2.24) is 4.98 Å². The second-order valence-electron chi connectivity index (χ2n) is 2.77. The lowest BCUT2D eigenvalue weighted by molar-refractivity contribution is 0.144. The second kappa shape index (κ2) is 4.55. The molecule has 2 nitrogen and oxygen atoms in total. The number of hydrogen-bond acceptors (Lipinski definition) is 2. The molecule has 0 fully saturated rings. The monoisotopic (exact) mass is 221 g/mol. The quantitative estimate of drug-likeness (QED) is 0.732. The fourth-order valence-corrected chi connectivity index (χ4v) is 1.39. The molecule has 1 aromatic rings. The Hall–Kier alpha value is -0.900. The molecule has 0 atom stereocenters. The molecule has 0 aliphatic carbocycles. The van der Waals surface area contributed by atoms with E-state index in [2.05, 4.69) is 4.98 Å². The van der Waals surface area contributed by atoms with E-state index in [-0.39, 0.29) is 17.5 Å². The number of pyridine rings is 1. The van der Waals surface area contributed by atoms with Gasteiger partial charge in [-0.25, -0.2) is 13.8 Å². The van der Waals surface area contributed by atoms with Crippen molar-refractivity contribution in [2.45, 2.75) is 19.2 Å². The van der Waals surface area contributed by atoms with Crippen LogP contribution < -0.4 is 4.74 Å². The first-order chi connectivity index (χ1) is 6.60. The van der Waals surface area contributed by atoms with E-state index in [0.29, 0.717) is 11.1 Å². The third-order valence-corrected chi connectivity index (χ3v) is 2.24. The summed E-state index contributed by atoms with van der Waals surface area (Å²) in [6.07, 6.45) is -2.60. The first kappa shape index (κ1) is 11.2. The highest BCUT2D eigenvalue weighted by Gasteiger charge is 2.16. The molecule has 0 unspecified atom stereocenters. The van der Waals surface area contributed by atoms with Crippen LogP contribution in [0.15, 0.2) is 6.07 Å². The van der Waals surface area contributed by atoms with E-state index in [1.165, 1.54) is 7.11 Å². The zero-order valence-corrected chi connectivity index (χ0v) is 8.61. The molecule has 0 spiro atoms. The van der Waals surface area contributed by atoms with Crippen molar-refractivity contribution < 1.29 is 13.5 Å². The number of nitrogens with zero attached hydrogens (tertiary/aromatic N) is 1. The van der Waals surface area contributed by atoms with Gasteiger partial charge in [0.1, 0.15) is 5.69 Å². The van der Waals surface area contributed by atoms with Crippen LogP contribution >= 0.6 is 11.6 Å².